The maximum absolute atomic E-state index is 13.1. The molecule has 6 nitrogen and oxygen atoms in total. The van der Waals surface area contributed by atoms with E-state index in [0.717, 1.165) is 5.56 Å². The molecule has 0 aliphatic heterocycles. The monoisotopic (exact) mass is 432 g/mol. The van der Waals surface area contributed by atoms with Gasteiger partial charge in [-0.25, -0.2) is 4.98 Å². The van der Waals surface area contributed by atoms with E-state index >= 15 is 0 Å². The molecule has 0 unspecified atom stereocenters. The molecule has 0 aliphatic carbocycles. The molecule has 2 aromatic carbocycles. The standard InChI is InChI=1S/C21H21ClN2O4S/c1-26-11-10-24(20(25)14-4-6-15(22)7-5-14)21-23-18(13-29-21)17-12-16(27-2)8-9-19(17)28-3/h4-9,12-13H,10-11H2,1-3H3. The molecule has 1 amide bonds. The summed E-state index contributed by atoms with van der Waals surface area (Å²) in [6, 6.07) is 12.3. The molecule has 1 aromatic heterocycles. The number of methoxy groups -OCH3 is 3. The van der Waals surface area contributed by atoms with E-state index in [1.165, 1.54) is 11.3 Å². The summed E-state index contributed by atoms with van der Waals surface area (Å²) in [5.74, 6) is 1.20. The fourth-order valence-corrected chi connectivity index (χ4v) is 3.72. The van der Waals surface area contributed by atoms with Crippen LogP contribution < -0.4 is 14.4 Å². The molecule has 3 rings (SSSR count). The van der Waals surface area contributed by atoms with Crippen molar-refractivity contribution in [3.8, 4) is 22.8 Å². The summed E-state index contributed by atoms with van der Waals surface area (Å²) in [6.07, 6.45) is 0. The first-order chi connectivity index (χ1) is 14.1. The number of aromatic nitrogens is 1. The third kappa shape index (κ3) is 4.87. The van der Waals surface area contributed by atoms with Crippen molar-refractivity contribution in [3.63, 3.8) is 0 Å². The minimum Gasteiger partial charge on any atom is -0.497 e. The summed E-state index contributed by atoms with van der Waals surface area (Å²) in [7, 11) is 4.81. The number of rotatable bonds is 8. The van der Waals surface area contributed by atoms with Crippen LogP contribution in [-0.4, -0.2) is 45.4 Å². The first-order valence-corrected chi connectivity index (χ1v) is 10.1. The number of hydrogen-bond acceptors (Lipinski definition) is 6. The molecule has 1 heterocycles. The van der Waals surface area contributed by atoms with E-state index < -0.39 is 0 Å². The fourth-order valence-electron chi connectivity index (χ4n) is 2.74. The van der Waals surface area contributed by atoms with Crippen molar-refractivity contribution in [3.05, 3.63) is 58.4 Å². The normalized spacial score (nSPS) is 10.6. The molecule has 152 valence electrons. The number of carbonyl (C=O) groups is 1. The van der Waals surface area contributed by atoms with Crippen molar-refractivity contribution in [1.82, 2.24) is 4.98 Å². The molecule has 0 saturated carbocycles. The van der Waals surface area contributed by atoms with Crippen LogP contribution >= 0.6 is 22.9 Å². The first kappa shape index (κ1) is 21.1. The van der Waals surface area contributed by atoms with Gasteiger partial charge < -0.3 is 14.2 Å². The van der Waals surface area contributed by atoms with Gasteiger partial charge in [0.2, 0.25) is 0 Å². The van der Waals surface area contributed by atoms with Gasteiger partial charge in [0, 0.05) is 28.6 Å². The van der Waals surface area contributed by atoms with Gasteiger partial charge in [-0.1, -0.05) is 11.6 Å². The second-order valence-electron chi connectivity index (χ2n) is 6.04. The molecule has 0 N–H and O–H groups in total. The highest BCUT2D eigenvalue weighted by Gasteiger charge is 2.22. The third-order valence-electron chi connectivity index (χ3n) is 4.26. The van der Waals surface area contributed by atoms with E-state index in [4.69, 9.17) is 25.8 Å². The number of benzene rings is 2. The van der Waals surface area contributed by atoms with Gasteiger partial charge >= 0.3 is 0 Å². The molecule has 0 radical (unpaired) electrons. The highest BCUT2D eigenvalue weighted by molar-refractivity contribution is 7.14. The van der Waals surface area contributed by atoms with Crippen molar-refractivity contribution < 1.29 is 19.0 Å². The molecule has 3 aromatic rings. The first-order valence-electron chi connectivity index (χ1n) is 8.81. The molecule has 29 heavy (non-hydrogen) atoms. The Morgan fingerprint density at radius 3 is 2.52 bits per heavy atom. The summed E-state index contributed by atoms with van der Waals surface area (Å²) in [4.78, 5) is 19.4. The molecular weight excluding hydrogens is 412 g/mol. The smallest absolute Gasteiger partial charge is 0.260 e. The van der Waals surface area contributed by atoms with E-state index in [1.54, 1.807) is 50.5 Å². The van der Waals surface area contributed by atoms with Crippen LogP contribution in [0.2, 0.25) is 5.02 Å². The lowest BCUT2D eigenvalue weighted by molar-refractivity contribution is 0.0976. The van der Waals surface area contributed by atoms with Crippen LogP contribution in [-0.2, 0) is 4.74 Å². The van der Waals surface area contributed by atoms with Gasteiger partial charge in [0.05, 0.1) is 33.1 Å². The highest BCUT2D eigenvalue weighted by Crippen LogP contribution is 2.36. The van der Waals surface area contributed by atoms with Crippen LogP contribution in [0.25, 0.3) is 11.3 Å². The average Bonchev–Trinajstić information content (AvgIpc) is 3.23. The van der Waals surface area contributed by atoms with E-state index in [2.05, 4.69) is 4.98 Å². The Kier molecular flexibility index (Phi) is 7.09. The van der Waals surface area contributed by atoms with Crippen molar-refractivity contribution in [2.45, 2.75) is 0 Å². The Balaban J connectivity index is 1.96. The molecular formula is C21H21ClN2O4S. The van der Waals surface area contributed by atoms with Crippen LogP contribution in [0.5, 0.6) is 11.5 Å². The Morgan fingerprint density at radius 2 is 1.86 bits per heavy atom. The maximum atomic E-state index is 13.1. The SMILES string of the molecule is COCCN(C(=O)c1ccc(Cl)cc1)c1nc(-c2cc(OC)ccc2OC)cs1. The van der Waals surface area contributed by atoms with Gasteiger partial charge in [-0.2, -0.15) is 0 Å². The number of hydrogen-bond donors (Lipinski definition) is 0. The van der Waals surface area contributed by atoms with Crippen LogP contribution in [0.3, 0.4) is 0 Å². The second kappa shape index (κ2) is 9.73. The Morgan fingerprint density at radius 1 is 1.10 bits per heavy atom. The lowest BCUT2D eigenvalue weighted by Crippen LogP contribution is -2.33. The second-order valence-corrected chi connectivity index (χ2v) is 7.31. The summed E-state index contributed by atoms with van der Waals surface area (Å²) >= 11 is 7.32. The molecule has 0 atom stereocenters. The Bertz CT molecular complexity index is 975. The fraction of sp³-hybridized carbons (Fsp3) is 0.238. The molecule has 8 heteroatoms. The Labute approximate surface area is 178 Å². The van der Waals surface area contributed by atoms with Crippen LogP contribution in [0.1, 0.15) is 10.4 Å². The minimum atomic E-state index is -0.169. The predicted octanol–water partition coefficient (Wildman–Crippen LogP) is 4.77. The van der Waals surface area contributed by atoms with E-state index in [1.807, 2.05) is 23.6 Å². The zero-order valence-corrected chi connectivity index (χ0v) is 17.9. The highest BCUT2D eigenvalue weighted by atomic mass is 35.5. The Hall–Kier alpha value is -2.61. The van der Waals surface area contributed by atoms with Crippen molar-refractivity contribution in [2.75, 3.05) is 39.4 Å². The van der Waals surface area contributed by atoms with Crippen LogP contribution in [0.15, 0.2) is 47.8 Å². The average molecular weight is 433 g/mol. The van der Waals surface area contributed by atoms with Gasteiger partial charge in [-0.15, -0.1) is 11.3 Å². The van der Waals surface area contributed by atoms with E-state index in [-0.39, 0.29) is 5.91 Å². The predicted molar refractivity (Wildman–Crippen MR) is 116 cm³/mol. The van der Waals surface area contributed by atoms with Crippen molar-refractivity contribution >= 4 is 34.0 Å². The molecule has 0 saturated heterocycles. The topological polar surface area (TPSA) is 60.9 Å². The molecule has 0 bridgehead atoms. The quantitative estimate of drug-likeness (QED) is 0.513. The van der Waals surface area contributed by atoms with E-state index in [0.29, 0.717) is 46.1 Å². The van der Waals surface area contributed by atoms with Crippen molar-refractivity contribution in [1.29, 1.82) is 0 Å². The summed E-state index contributed by atoms with van der Waals surface area (Å²) in [5, 5.41) is 3.04. The lowest BCUT2D eigenvalue weighted by Gasteiger charge is -2.19. The largest absolute Gasteiger partial charge is 0.497 e. The minimum absolute atomic E-state index is 0.169. The zero-order valence-electron chi connectivity index (χ0n) is 16.3. The summed E-state index contributed by atoms with van der Waals surface area (Å²) in [6.45, 7) is 0.761. The lowest BCUT2D eigenvalue weighted by atomic mass is 10.1. The van der Waals surface area contributed by atoms with Gasteiger partial charge in [0.15, 0.2) is 5.13 Å². The third-order valence-corrected chi connectivity index (χ3v) is 5.38. The van der Waals surface area contributed by atoms with E-state index in [9.17, 15) is 4.79 Å². The number of halogens is 1. The van der Waals surface area contributed by atoms with Crippen molar-refractivity contribution in [2.24, 2.45) is 0 Å². The number of ether oxygens (including phenoxy) is 3. The van der Waals surface area contributed by atoms with Gasteiger partial charge in [0.1, 0.15) is 11.5 Å². The van der Waals surface area contributed by atoms with Crippen LogP contribution in [0, 0.1) is 0 Å². The zero-order chi connectivity index (χ0) is 20.8. The number of carbonyl (C=O) groups excluding carboxylic acids is 1. The van der Waals surface area contributed by atoms with Crippen LogP contribution in [0.4, 0.5) is 5.13 Å². The molecule has 0 fully saturated rings. The van der Waals surface area contributed by atoms with Gasteiger partial charge in [-0.3, -0.25) is 9.69 Å². The summed E-state index contributed by atoms with van der Waals surface area (Å²) < 4.78 is 16.0. The number of thiazole rings is 1. The molecule has 0 spiro atoms. The maximum Gasteiger partial charge on any atom is 0.260 e. The van der Waals surface area contributed by atoms with Gasteiger partial charge in [-0.05, 0) is 42.5 Å². The number of amides is 1. The van der Waals surface area contributed by atoms with Gasteiger partial charge in [0.25, 0.3) is 5.91 Å². The summed E-state index contributed by atoms with van der Waals surface area (Å²) in [5.41, 5.74) is 2.02. The number of anilines is 1. The number of nitrogens with zero attached hydrogens (tertiary/aromatic N) is 2. The molecule has 0 aliphatic rings.